The molecule has 0 heterocycles. The van der Waals surface area contributed by atoms with Crippen molar-refractivity contribution in [2.45, 2.75) is 13.8 Å². The minimum absolute atomic E-state index is 0.155. The van der Waals surface area contributed by atoms with E-state index in [-0.39, 0.29) is 29.5 Å². The molecule has 0 unspecified atom stereocenters. The second kappa shape index (κ2) is 11.2. The second-order valence-corrected chi connectivity index (χ2v) is 5.84. The fraction of sp³-hybridized carbons (Fsp3) is 0.174. The van der Waals surface area contributed by atoms with Gasteiger partial charge in [-0.25, -0.2) is 14.0 Å². The average Bonchev–Trinajstić information content (AvgIpc) is 2.73. The number of carbonyl (C=O) groups excluding carboxylic acids is 2. The van der Waals surface area contributed by atoms with E-state index in [1.54, 1.807) is 32.0 Å². The van der Waals surface area contributed by atoms with Gasteiger partial charge in [-0.1, -0.05) is 18.2 Å². The molecule has 2 aromatic carbocycles. The summed E-state index contributed by atoms with van der Waals surface area (Å²) in [6.45, 7) is 3.88. The van der Waals surface area contributed by atoms with Gasteiger partial charge in [0.25, 0.3) is 0 Å². The normalized spacial score (nSPS) is 11.1. The standard InChI is InChI=1S/C23H20FNO5/c1-3-28-21-14-17(13-18(15-25)23(27)29-4-2)7-11-20(21)30-22(26)12-8-16-5-9-19(24)10-6-16/h5-14H,3-4H2,1-2H3/b12-8+,18-13+. The topological polar surface area (TPSA) is 85.6 Å². The van der Waals surface area contributed by atoms with Crippen molar-refractivity contribution >= 4 is 24.1 Å². The van der Waals surface area contributed by atoms with E-state index in [2.05, 4.69) is 0 Å². The maximum atomic E-state index is 12.9. The maximum absolute atomic E-state index is 12.9. The highest BCUT2D eigenvalue weighted by Gasteiger charge is 2.13. The van der Waals surface area contributed by atoms with E-state index < -0.39 is 11.9 Å². The summed E-state index contributed by atoms with van der Waals surface area (Å²) in [4.78, 5) is 23.9. The lowest BCUT2D eigenvalue weighted by atomic mass is 10.1. The van der Waals surface area contributed by atoms with Gasteiger partial charge in [-0.15, -0.1) is 0 Å². The maximum Gasteiger partial charge on any atom is 0.348 e. The number of halogens is 1. The molecule has 0 bridgehead atoms. The van der Waals surface area contributed by atoms with Crippen LogP contribution in [0.4, 0.5) is 4.39 Å². The Bertz CT molecular complexity index is 1000. The van der Waals surface area contributed by atoms with Crippen LogP contribution in [-0.4, -0.2) is 25.2 Å². The van der Waals surface area contributed by atoms with Crippen LogP contribution < -0.4 is 9.47 Å². The van der Waals surface area contributed by atoms with Crippen molar-refractivity contribution in [1.82, 2.24) is 0 Å². The number of ether oxygens (including phenoxy) is 3. The van der Waals surface area contributed by atoms with E-state index in [4.69, 9.17) is 19.5 Å². The molecule has 2 rings (SSSR count). The quantitative estimate of drug-likeness (QED) is 0.279. The number of hydrogen-bond donors (Lipinski definition) is 0. The third-order valence-corrected chi connectivity index (χ3v) is 3.69. The van der Waals surface area contributed by atoms with Gasteiger partial charge < -0.3 is 14.2 Å². The van der Waals surface area contributed by atoms with E-state index in [9.17, 15) is 14.0 Å². The molecule has 0 fully saturated rings. The van der Waals surface area contributed by atoms with Crippen molar-refractivity contribution in [2.24, 2.45) is 0 Å². The summed E-state index contributed by atoms with van der Waals surface area (Å²) in [7, 11) is 0. The highest BCUT2D eigenvalue weighted by atomic mass is 19.1. The fourth-order valence-electron chi connectivity index (χ4n) is 2.36. The fourth-order valence-corrected chi connectivity index (χ4v) is 2.36. The Kier molecular flexibility index (Phi) is 8.33. The SMILES string of the molecule is CCOC(=O)/C(C#N)=C/c1ccc(OC(=O)/C=C/c2ccc(F)cc2)c(OCC)c1. The molecule has 0 aromatic heterocycles. The zero-order valence-electron chi connectivity index (χ0n) is 16.6. The van der Waals surface area contributed by atoms with E-state index >= 15 is 0 Å². The molecular formula is C23H20FNO5. The highest BCUT2D eigenvalue weighted by Crippen LogP contribution is 2.29. The minimum Gasteiger partial charge on any atom is -0.490 e. The molecule has 7 heteroatoms. The molecule has 0 N–H and O–H groups in total. The van der Waals surface area contributed by atoms with Crippen molar-refractivity contribution in [1.29, 1.82) is 5.26 Å². The Balaban J connectivity index is 2.20. The molecule has 0 aliphatic heterocycles. The molecule has 2 aromatic rings. The van der Waals surface area contributed by atoms with Crippen molar-refractivity contribution in [3.8, 4) is 17.6 Å². The van der Waals surface area contributed by atoms with Gasteiger partial charge in [0.1, 0.15) is 17.5 Å². The van der Waals surface area contributed by atoms with Crippen LogP contribution in [0.25, 0.3) is 12.2 Å². The summed E-state index contributed by atoms with van der Waals surface area (Å²) < 4.78 is 28.6. The van der Waals surface area contributed by atoms with Crippen LogP contribution in [0, 0.1) is 17.1 Å². The lowest BCUT2D eigenvalue weighted by molar-refractivity contribution is -0.138. The van der Waals surface area contributed by atoms with Crippen molar-refractivity contribution < 1.29 is 28.2 Å². The number of rotatable bonds is 8. The number of nitriles is 1. The number of carbonyl (C=O) groups is 2. The Morgan fingerprint density at radius 1 is 1.03 bits per heavy atom. The molecule has 0 radical (unpaired) electrons. The monoisotopic (exact) mass is 409 g/mol. The zero-order chi connectivity index (χ0) is 21.9. The Hall–Kier alpha value is -3.92. The third-order valence-electron chi connectivity index (χ3n) is 3.69. The van der Waals surface area contributed by atoms with Gasteiger partial charge in [0.15, 0.2) is 11.5 Å². The molecule has 0 saturated carbocycles. The van der Waals surface area contributed by atoms with Crippen molar-refractivity contribution in [3.63, 3.8) is 0 Å². The molecule has 0 spiro atoms. The predicted octanol–water partition coefficient (Wildman–Crippen LogP) is 4.31. The molecule has 30 heavy (non-hydrogen) atoms. The first-order valence-electron chi connectivity index (χ1n) is 9.18. The molecule has 0 aliphatic rings. The van der Waals surface area contributed by atoms with Crippen LogP contribution in [-0.2, 0) is 14.3 Å². The minimum atomic E-state index is -0.723. The van der Waals surface area contributed by atoms with Crippen molar-refractivity contribution in [2.75, 3.05) is 13.2 Å². The summed E-state index contributed by atoms with van der Waals surface area (Å²) >= 11 is 0. The summed E-state index contributed by atoms with van der Waals surface area (Å²) in [6, 6.07) is 12.1. The van der Waals surface area contributed by atoms with Gasteiger partial charge in [-0.2, -0.15) is 5.26 Å². The summed E-state index contributed by atoms with van der Waals surface area (Å²) in [5, 5.41) is 9.15. The lowest BCUT2D eigenvalue weighted by Crippen LogP contribution is -2.07. The van der Waals surface area contributed by atoms with Gasteiger partial charge >= 0.3 is 11.9 Å². The smallest absolute Gasteiger partial charge is 0.348 e. The molecular weight excluding hydrogens is 389 g/mol. The Morgan fingerprint density at radius 2 is 1.73 bits per heavy atom. The summed E-state index contributed by atoms with van der Waals surface area (Å²) in [5.74, 6) is -1.28. The predicted molar refractivity (Wildman–Crippen MR) is 109 cm³/mol. The van der Waals surface area contributed by atoms with Crippen LogP contribution in [0.3, 0.4) is 0 Å². The van der Waals surface area contributed by atoms with Gasteiger partial charge in [0.05, 0.1) is 13.2 Å². The molecule has 154 valence electrons. The van der Waals surface area contributed by atoms with Crippen molar-refractivity contribution in [3.05, 3.63) is 71.1 Å². The average molecular weight is 409 g/mol. The van der Waals surface area contributed by atoms with E-state index in [1.807, 2.05) is 0 Å². The van der Waals surface area contributed by atoms with Gasteiger partial charge in [0.2, 0.25) is 0 Å². The lowest BCUT2D eigenvalue weighted by Gasteiger charge is -2.10. The largest absolute Gasteiger partial charge is 0.490 e. The molecule has 0 atom stereocenters. The van der Waals surface area contributed by atoms with Crippen LogP contribution >= 0.6 is 0 Å². The third kappa shape index (κ3) is 6.60. The number of nitrogens with zero attached hydrogens (tertiary/aromatic N) is 1. The van der Waals surface area contributed by atoms with E-state index in [0.29, 0.717) is 17.7 Å². The summed E-state index contributed by atoms with van der Waals surface area (Å²) in [5.41, 5.74) is 0.984. The van der Waals surface area contributed by atoms with Gasteiger partial charge in [-0.3, -0.25) is 0 Å². The van der Waals surface area contributed by atoms with Crippen LogP contribution in [0.15, 0.2) is 54.1 Å². The van der Waals surface area contributed by atoms with E-state index in [1.165, 1.54) is 48.6 Å². The number of esters is 2. The first kappa shape index (κ1) is 22.4. The first-order valence-corrected chi connectivity index (χ1v) is 9.18. The molecule has 0 aliphatic carbocycles. The van der Waals surface area contributed by atoms with Crippen LogP contribution in [0.1, 0.15) is 25.0 Å². The van der Waals surface area contributed by atoms with Crippen LogP contribution in [0.2, 0.25) is 0 Å². The van der Waals surface area contributed by atoms with E-state index in [0.717, 1.165) is 0 Å². The van der Waals surface area contributed by atoms with Crippen LogP contribution in [0.5, 0.6) is 11.5 Å². The number of hydrogen-bond acceptors (Lipinski definition) is 6. The first-order chi connectivity index (χ1) is 14.5. The Morgan fingerprint density at radius 3 is 2.37 bits per heavy atom. The summed E-state index contributed by atoms with van der Waals surface area (Å²) in [6.07, 6.45) is 4.07. The molecule has 6 nitrogen and oxygen atoms in total. The Labute approximate surface area is 173 Å². The number of benzene rings is 2. The molecule has 0 saturated heterocycles. The zero-order valence-corrected chi connectivity index (χ0v) is 16.6. The molecule has 0 amide bonds. The highest BCUT2D eigenvalue weighted by molar-refractivity contribution is 5.98. The van der Waals surface area contributed by atoms with Gasteiger partial charge in [-0.05, 0) is 61.4 Å². The second-order valence-electron chi connectivity index (χ2n) is 5.84. The van der Waals surface area contributed by atoms with Gasteiger partial charge in [0, 0.05) is 6.08 Å².